The summed E-state index contributed by atoms with van der Waals surface area (Å²) >= 11 is 0. The quantitative estimate of drug-likeness (QED) is 0.433. The van der Waals surface area contributed by atoms with Crippen molar-refractivity contribution in [2.75, 3.05) is 26.2 Å². The number of benzene rings is 1. The van der Waals surface area contributed by atoms with Crippen LogP contribution in [0, 0.1) is 0 Å². The molecule has 0 atom stereocenters. The van der Waals surface area contributed by atoms with Gasteiger partial charge in [-0.25, -0.2) is 10.6 Å². The first-order chi connectivity index (χ1) is 11.2. The number of amides is 2. The molecule has 0 radical (unpaired) electrons. The molecule has 1 aliphatic rings. The third-order valence-corrected chi connectivity index (χ3v) is 3.81. The van der Waals surface area contributed by atoms with Crippen molar-refractivity contribution in [1.29, 1.82) is 0 Å². The van der Waals surface area contributed by atoms with Crippen LogP contribution in [0.15, 0.2) is 18.2 Å². The van der Waals surface area contributed by atoms with Crippen molar-refractivity contribution in [1.82, 2.24) is 15.2 Å². The highest BCUT2D eigenvalue weighted by Crippen LogP contribution is 2.32. The van der Waals surface area contributed by atoms with Crippen LogP contribution in [0.3, 0.4) is 0 Å². The number of nitrogens with zero attached hydrogens (tertiary/aromatic N) is 2. The Balaban J connectivity index is 2.15. The van der Waals surface area contributed by atoms with Crippen molar-refractivity contribution in [2.45, 2.75) is 12.7 Å². The van der Waals surface area contributed by atoms with Crippen molar-refractivity contribution in [3.05, 3.63) is 34.9 Å². The van der Waals surface area contributed by atoms with E-state index in [-0.39, 0.29) is 0 Å². The van der Waals surface area contributed by atoms with E-state index in [0.29, 0.717) is 38.3 Å². The molecule has 1 fully saturated rings. The standard InChI is InChI=1S/C14H17F3N4O3/c15-14(16,17)11-2-1-9(7-10(11)12(22)19-18)8-20-3-5-21(6-4-20)13(23)24/h1-2,7H,3-6,8,18H2,(H,19,22)(H,23,24). The van der Waals surface area contributed by atoms with Crippen LogP contribution in [0.2, 0.25) is 0 Å². The van der Waals surface area contributed by atoms with Crippen LogP contribution >= 0.6 is 0 Å². The number of piperazine rings is 1. The highest BCUT2D eigenvalue weighted by atomic mass is 19.4. The third-order valence-electron chi connectivity index (χ3n) is 3.81. The van der Waals surface area contributed by atoms with Crippen LogP contribution in [0.25, 0.3) is 0 Å². The summed E-state index contributed by atoms with van der Waals surface area (Å²) in [5, 5.41) is 8.89. The number of nitrogens with one attached hydrogen (secondary N) is 1. The summed E-state index contributed by atoms with van der Waals surface area (Å²) in [5.74, 6) is 3.94. The molecule has 2 amide bonds. The van der Waals surface area contributed by atoms with Crippen molar-refractivity contribution in [3.8, 4) is 0 Å². The molecule has 2 rings (SSSR count). The molecule has 0 bridgehead atoms. The predicted octanol–water partition coefficient (Wildman–Crippen LogP) is 1.10. The number of halogens is 3. The summed E-state index contributed by atoms with van der Waals surface area (Å²) in [5.41, 5.74) is 0.651. The molecular formula is C14H17F3N4O3. The summed E-state index contributed by atoms with van der Waals surface area (Å²) in [4.78, 5) is 25.7. The van der Waals surface area contributed by atoms with Crippen LogP contribution in [0.1, 0.15) is 21.5 Å². The number of nitrogen functional groups attached to an aromatic ring is 1. The molecule has 132 valence electrons. The number of hydrogen-bond acceptors (Lipinski definition) is 4. The highest BCUT2D eigenvalue weighted by Gasteiger charge is 2.35. The van der Waals surface area contributed by atoms with Gasteiger partial charge >= 0.3 is 12.3 Å². The lowest BCUT2D eigenvalue weighted by Crippen LogP contribution is -2.47. The van der Waals surface area contributed by atoms with Crippen molar-refractivity contribution < 1.29 is 27.9 Å². The maximum atomic E-state index is 13.0. The Kier molecular flexibility index (Phi) is 5.30. The lowest BCUT2D eigenvalue weighted by Gasteiger charge is -2.33. The van der Waals surface area contributed by atoms with Crippen molar-refractivity contribution in [2.24, 2.45) is 5.84 Å². The van der Waals surface area contributed by atoms with Gasteiger partial charge in [-0.1, -0.05) is 6.07 Å². The van der Waals surface area contributed by atoms with E-state index in [1.54, 1.807) is 5.43 Å². The van der Waals surface area contributed by atoms with Gasteiger partial charge in [0.15, 0.2) is 0 Å². The molecule has 1 aromatic rings. The second-order valence-corrected chi connectivity index (χ2v) is 5.40. The number of nitrogens with two attached hydrogens (primary N) is 1. The molecule has 4 N–H and O–H groups in total. The molecule has 0 aromatic heterocycles. The summed E-state index contributed by atoms with van der Waals surface area (Å²) < 4.78 is 38.9. The summed E-state index contributed by atoms with van der Waals surface area (Å²) in [6.45, 7) is 1.89. The first-order valence-electron chi connectivity index (χ1n) is 7.13. The SMILES string of the molecule is NNC(=O)c1cc(CN2CCN(C(=O)O)CC2)ccc1C(F)(F)F. The minimum absolute atomic E-state index is 0.316. The fourth-order valence-electron chi connectivity index (χ4n) is 2.56. The van der Waals surface area contributed by atoms with Crippen LogP contribution in [-0.4, -0.2) is 53.1 Å². The first-order valence-corrected chi connectivity index (χ1v) is 7.13. The molecule has 0 spiro atoms. The minimum Gasteiger partial charge on any atom is -0.465 e. The van der Waals surface area contributed by atoms with Gasteiger partial charge in [0, 0.05) is 32.7 Å². The number of hydrazine groups is 1. The Bertz CT molecular complexity index is 628. The number of alkyl halides is 3. The molecule has 1 aliphatic heterocycles. The number of rotatable bonds is 3. The molecule has 1 saturated heterocycles. The zero-order chi connectivity index (χ0) is 17.9. The smallest absolute Gasteiger partial charge is 0.417 e. The van der Waals surface area contributed by atoms with E-state index in [1.165, 1.54) is 11.0 Å². The topological polar surface area (TPSA) is 98.9 Å². The normalized spacial score (nSPS) is 16.1. The van der Waals surface area contributed by atoms with Gasteiger partial charge in [-0.15, -0.1) is 0 Å². The van der Waals surface area contributed by atoms with E-state index >= 15 is 0 Å². The highest BCUT2D eigenvalue weighted by molar-refractivity contribution is 5.95. The average Bonchev–Trinajstić information content (AvgIpc) is 2.53. The summed E-state index contributed by atoms with van der Waals surface area (Å²) in [6, 6.07) is 3.32. The van der Waals surface area contributed by atoms with Gasteiger partial charge in [0.05, 0.1) is 11.1 Å². The third kappa shape index (κ3) is 4.15. The number of carboxylic acid groups (broad SMARTS) is 1. The molecule has 10 heteroatoms. The van der Waals surface area contributed by atoms with Crippen molar-refractivity contribution >= 4 is 12.0 Å². The van der Waals surface area contributed by atoms with Gasteiger partial charge in [0.25, 0.3) is 5.91 Å². The maximum absolute atomic E-state index is 13.0. The minimum atomic E-state index is -4.66. The zero-order valence-electron chi connectivity index (χ0n) is 12.6. The second kappa shape index (κ2) is 7.05. The summed E-state index contributed by atoms with van der Waals surface area (Å²) in [7, 11) is 0. The summed E-state index contributed by atoms with van der Waals surface area (Å²) in [6.07, 6.45) is -5.65. The van der Waals surface area contributed by atoms with Gasteiger partial charge in [-0.2, -0.15) is 13.2 Å². The van der Waals surface area contributed by atoms with Gasteiger partial charge < -0.3 is 10.0 Å². The maximum Gasteiger partial charge on any atom is 0.417 e. The number of carbonyl (C=O) groups excluding carboxylic acids is 1. The van der Waals surface area contributed by atoms with E-state index in [1.807, 2.05) is 4.90 Å². The van der Waals surface area contributed by atoms with Crippen LogP contribution in [0.4, 0.5) is 18.0 Å². The Hall–Kier alpha value is -2.33. The fraction of sp³-hybridized carbons (Fsp3) is 0.429. The van der Waals surface area contributed by atoms with Gasteiger partial charge in [0.2, 0.25) is 0 Å². The number of carbonyl (C=O) groups is 2. The van der Waals surface area contributed by atoms with E-state index in [2.05, 4.69) is 0 Å². The molecule has 0 aliphatic carbocycles. The van der Waals surface area contributed by atoms with Crippen LogP contribution in [0.5, 0.6) is 0 Å². The first kappa shape index (κ1) is 18.0. The Morgan fingerprint density at radius 1 is 1.21 bits per heavy atom. The van der Waals surface area contributed by atoms with Crippen molar-refractivity contribution in [3.63, 3.8) is 0 Å². The Labute approximate surface area is 135 Å². The molecule has 7 nitrogen and oxygen atoms in total. The van der Waals surface area contributed by atoms with Crippen LogP contribution in [-0.2, 0) is 12.7 Å². The molecule has 1 heterocycles. The molecule has 0 saturated carbocycles. The Morgan fingerprint density at radius 2 is 1.83 bits per heavy atom. The molecule has 1 aromatic carbocycles. The van der Waals surface area contributed by atoms with E-state index < -0.39 is 29.3 Å². The fourth-order valence-corrected chi connectivity index (χ4v) is 2.56. The zero-order valence-corrected chi connectivity index (χ0v) is 12.6. The van der Waals surface area contributed by atoms with E-state index in [4.69, 9.17) is 10.9 Å². The van der Waals surface area contributed by atoms with Gasteiger partial charge in [-0.3, -0.25) is 15.1 Å². The van der Waals surface area contributed by atoms with Gasteiger partial charge in [0.1, 0.15) is 0 Å². The van der Waals surface area contributed by atoms with E-state index in [0.717, 1.165) is 12.1 Å². The molecule has 24 heavy (non-hydrogen) atoms. The predicted molar refractivity (Wildman–Crippen MR) is 78.0 cm³/mol. The van der Waals surface area contributed by atoms with Gasteiger partial charge in [-0.05, 0) is 17.7 Å². The molecular weight excluding hydrogens is 329 g/mol. The number of hydrogen-bond donors (Lipinski definition) is 3. The van der Waals surface area contributed by atoms with Crippen LogP contribution < -0.4 is 11.3 Å². The molecule has 0 unspecified atom stereocenters. The lowest BCUT2D eigenvalue weighted by molar-refractivity contribution is -0.137. The monoisotopic (exact) mass is 346 g/mol. The lowest BCUT2D eigenvalue weighted by atomic mass is 10.0. The average molecular weight is 346 g/mol. The van der Waals surface area contributed by atoms with E-state index in [9.17, 15) is 22.8 Å². The largest absolute Gasteiger partial charge is 0.465 e. The second-order valence-electron chi connectivity index (χ2n) is 5.40. The Morgan fingerprint density at radius 3 is 2.33 bits per heavy atom.